The first kappa shape index (κ1) is 15.6. The summed E-state index contributed by atoms with van der Waals surface area (Å²) in [5.74, 6) is 0.936. The topological polar surface area (TPSA) is 55.4 Å². The van der Waals surface area contributed by atoms with Crippen molar-refractivity contribution in [3.05, 3.63) is 60.2 Å². The van der Waals surface area contributed by atoms with Crippen LogP contribution in [0.3, 0.4) is 0 Å². The van der Waals surface area contributed by atoms with Crippen LogP contribution in [0.4, 0.5) is 0 Å². The highest BCUT2D eigenvalue weighted by atomic mass is 32.2. The van der Waals surface area contributed by atoms with Crippen LogP contribution in [0.2, 0.25) is 0 Å². The summed E-state index contributed by atoms with van der Waals surface area (Å²) in [6, 6.07) is 17.9. The minimum Gasteiger partial charge on any atom is -0.481 e. The zero-order valence-electron chi connectivity index (χ0n) is 12.5. The SMILES string of the molecule is O=C1CCC(Oc2cccc(SCc3ccccc3)c2)C(=O)N1. The van der Waals surface area contributed by atoms with Crippen LogP contribution in [-0.2, 0) is 15.3 Å². The van der Waals surface area contributed by atoms with Crippen molar-refractivity contribution in [1.82, 2.24) is 5.32 Å². The molecule has 4 nitrogen and oxygen atoms in total. The van der Waals surface area contributed by atoms with Gasteiger partial charge in [0.25, 0.3) is 5.91 Å². The molecule has 1 unspecified atom stereocenters. The lowest BCUT2D eigenvalue weighted by Crippen LogP contribution is -2.46. The van der Waals surface area contributed by atoms with Crippen LogP contribution >= 0.6 is 11.8 Å². The number of carbonyl (C=O) groups excluding carboxylic acids is 2. The molecule has 0 aliphatic carbocycles. The van der Waals surface area contributed by atoms with Crippen molar-refractivity contribution < 1.29 is 14.3 Å². The first-order valence-electron chi connectivity index (χ1n) is 7.48. The van der Waals surface area contributed by atoms with Gasteiger partial charge in [0.15, 0.2) is 6.10 Å². The van der Waals surface area contributed by atoms with Crippen LogP contribution < -0.4 is 10.1 Å². The summed E-state index contributed by atoms with van der Waals surface area (Å²) < 4.78 is 5.73. The van der Waals surface area contributed by atoms with Gasteiger partial charge in [0.2, 0.25) is 5.91 Å². The summed E-state index contributed by atoms with van der Waals surface area (Å²) in [4.78, 5) is 24.0. The summed E-state index contributed by atoms with van der Waals surface area (Å²) in [5.41, 5.74) is 1.26. The highest BCUT2D eigenvalue weighted by Gasteiger charge is 2.28. The van der Waals surface area contributed by atoms with Crippen LogP contribution in [0, 0.1) is 0 Å². The standard InChI is InChI=1S/C18H17NO3S/c20-17-10-9-16(18(21)19-17)22-14-7-4-8-15(11-14)23-12-13-5-2-1-3-6-13/h1-8,11,16H,9-10,12H2,(H,19,20,21). The van der Waals surface area contributed by atoms with Crippen molar-refractivity contribution in [3.63, 3.8) is 0 Å². The Labute approximate surface area is 139 Å². The minimum atomic E-state index is -0.595. The zero-order chi connectivity index (χ0) is 16.1. The third-order valence-corrected chi connectivity index (χ3v) is 4.59. The molecule has 0 saturated carbocycles. The van der Waals surface area contributed by atoms with E-state index < -0.39 is 6.10 Å². The number of ether oxygens (including phenoxy) is 1. The molecule has 1 saturated heterocycles. The average molecular weight is 327 g/mol. The van der Waals surface area contributed by atoms with Crippen LogP contribution in [-0.4, -0.2) is 17.9 Å². The average Bonchev–Trinajstić information content (AvgIpc) is 2.57. The third-order valence-electron chi connectivity index (χ3n) is 3.52. The second kappa shape index (κ2) is 7.33. The highest BCUT2D eigenvalue weighted by Crippen LogP contribution is 2.27. The van der Waals surface area contributed by atoms with Gasteiger partial charge in [-0.05, 0) is 23.8 Å². The molecule has 1 aliphatic heterocycles. The number of hydrogen-bond donors (Lipinski definition) is 1. The third kappa shape index (κ3) is 4.36. The van der Waals surface area contributed by atoms with Gasteiger partial charge >= 0.3 is 0 Å². The van der Waals surface area contributed by atoms with Gasteiger partial charge in [0.1, 0.15) is 5.75 Å². The summed E-state index contributed by atoms with van der Waals surface area (Å²) in [7, 11) is 0. The first-order valence-corrected chi connectivity index (χ1v) is 8.46. The molecule has 1 fully saturated rings. The summed E-state index contributed by atoms with van der Waals surface area (Å²) >= 11 is 1.72. The van der Waals surface area contributed by atoms with Gasteiger partial charge in [-0.3, -0.25) is 14.9 Å². The fourth-order valence-electron chi connectivity index (χ4n) is 2.33. The van der Waals surface area contributed by atoms with E-state index in [1.54, 1.807) is 11.8 Å². The van der Waals surface area contributed by atoms with Crippen molar-refractivity contribution in [2.45, 2.75) is 29.6 Å². The summed E-state index contributed by atoms with van der Waals surface area (Å²) in [6.07, 6.45) is 0.146. The Kier molecular flexibility index (Phi) is 4.98. The maximum absolute atomic E-state index is 11.7. The molecule has 0 spiro atoms. The van der Waals surface area contributed by atoms with Gasteiger partial charge in [-0.15, -0.1) is 11.8 Å². The maximum Gasteiger partial charge on any atom is 0.267 e. The number of piperidine rings is 1. The monoisotopic (exact) mass is 327 g/mol. The Balaban J connectivity index is 1.61. The molecule has 2 aromatic rings. The smallest absolute Gasteiger partial charge is 0.267 e. The Bertz CT molecular complexity index is 702. The largest absolute Gasteiger partial charge is 0.481 e. The summed E-state index contributed by atoms with van der Waals surface area (Å²) in [5, 5.41) is 2.30. The molecule has 0 radical (unpaired) electrons. The van der Waals surface area contributed by atoms with Crippen molar-refractivity contribution in [3.8, 4) is 5.75 Å². The fraction of sp³-hybridized carbons (Fsp3) is 0.222. The van der Waals surface area contributed by atoms with Gasteiger partial charge in [-0.25, -0.2) is 0 Å². The van der Waals surface area contributed by atoms with E-state index in [0.29, 0.717) is 18.6 Å². The van der Waals surface area contributed by atoms with E-state index in [4.69, 9.17) is 4.74 Å². The van der Waals surface area contributed by atoms with Crippen LogP contribution in [0.25, 0.3) is 0 Å². The molecule has 5 heteroatoms. The molecule has 1 N–H and O–H groups in total. The predicted octanol–water partition coefficient (Wildman–Crippen LogP) is 3.16. The van der Waals surface area contributed by atoms with Crippen LogP contribution in [0.15, 0.2) is 59.5 Å². The molecular weight excluding hydrogens is 310 g/mol. The maximum atomic E-state index is 11.7. The Morgan fingerprint density at radius 2 is 1.91 bits per heavy atom. The molecule has 2 amide bonds. The highest BCUT2D eigenvalue weighted by molar-refractivity contribution is 7.98. The van der Waals surface area contributed by atoms with E-state index in [0.717, 1.165) is 10.6 Å². The van der Waals surface area contributed by atoms with Crippen molar-refractivity contribution in [2.75, 3.05) is 0 Å². The van der Waals surface area contributed by atoms with E-state index in [-0.39, 0.29) is 11.8 Å². The number of nitrogens with one attached hydrogen (secondary N) is 1. The molecule has 2 aromatic carbocycles. The first-order chi connectivity index (χ1) is 11.2. The number of hydrogen-bond acceptors (Lipinski definition) is 4. The van der Waals surface area contributed by atoms with Gasteiger partial charge in [0.05, 0.1) is 0 Å². The lowest BCUT2D eigenvalue weighted by Gasteiger charge is -2.22. The number of thioether (sulfide) groups is 1. The van der Waals surface area contributed by atoms with E-state index in [1.165, 1.54) is 5.56 Å². The molecule has 0 bridgehead atoms. The number of benzene rings is 2. The fourth-order valence-corrected chi connectivity index (χ4v) is 3.23. The quantitative estimate of drug-likeness (QED) is 0.677. The number of amides is 2. The van der Waals surface area contributed by atoms with Crippen LogP contribution in [0.1, 0.15) is 18.4 Å². The Morgan fingerprint density at radius 3 is 2.70 bits per heavy atom. The molecule has 3 rings (SSSR count). The van der Waals surface area contributed by atoms with Gasteiger partial charge in [-0.2, -0.15) is 0 Å². The van der Waals surface area contributed by atoms with E-state index in [9.17, 15) is 9.59 Å². The van der Waals surface area contributed by atoms with E-state index in [1.807, 2.05) is 42.5 Å². The lowest BCUT2D eigenvalue weighted by molar-refractivity contribution is -0.138. The normalized spacial score (nSPS) is 17.7. The molecule has 0 aromatic heterocycles. The Hall–Kier alpha value is -2.27. The molecule has 1 heterocycles. The number of imide groups is 1. The van der Waals surface area contributed by atoms with E-state index >= 15 is 0 Å². The Morgan fingerprint density at radius 1 is 1.09 bits per heavy atom. The number of carbonyl (C=O) groups is 2. The minimum absolute atomic E-state index is 0.234. The summed E-state index contributed by atoms with van der Waals surface area (Å²) in [6.45, 7) is 0. The second-order valence-corrected chi connectivity index (χ2v) is 6.36. The van der Waals surface area contributed by atoms with Crippen molar-refractivity contribution in [2.24, 2.45) is 0 Å². The molecule has 1 atom stereocenters. The van der Waals surface area contributed by atoms with Crippen LogP contribution in [0.5, 0.6) is 5.75 Å². The molecule has 23 heavy (non-hydrogen) atoms. The van der Waals surface area contributed by atoms with E-state index in [2.05, 4.69) is 17.4 Å². The van der Waals surface area contributed by atoms with Gasteiger partial charge < -0.3 is 4.74 Å². The van der Waals surface area contributed by atoms with Gasteiger partial charge in [0, 0.05) is 23.5 Å². The number of rotatable bonds is 5. The molecule has 1 aliphatic rings. The second-order valence-electron chi connectivity index (χ2n) is 5.31. The van der Waals surface area contributed by atoms with Crippen molar-refractivity contribution in [1.29, 1.82) is 0 Å². The van der Waals surface area contributed by atoms with Gasteiger partial charge in [-0.1, -0.05) is 36.4 Å². The predicted molar refractivity (Wildman–Crippen MR) is 89.2 cm³/mol. The zero-order valence-corrected chi connectivity index (χ0v) is 13.3. The molecule has 118 valence electrons. The van der Waals surface area contributed by atoms with Crippen molar-refractivity contribution >= 4 is 23.6 Å². The lowest BCUT2D eigenvalue weighted by atomic mass is 10.1. The molecular formula is C18H17NO3S.